The zero-order valence-corrected chi connectivity index (χ0v) is 20.2. The molecule has 0 bridgehead atoms. The lowest BCUT2D eigenvalue weighted by atomic mass is 10.1. The lowest BCUT2D eigenvalue weighted by Crippen LogP contribution is -2.07. The Labute approximate surface area is 206 Å². The summed E-state index contributed by atoms with van der Waals surface area (Å²) in [6, 6.07) is 20.1. The summed E-state index contributed by atoms with van der Waals surface area (Å²) in [4.78, 5) is 21.7. The molecule has 3 rings (SSSR count). The molecule has 0 fully saturated rings. The third-order valence-electron chi connectivity index (χ3n) is 4.75. The molecule has 0 radical (unpaired) electrons. The molecule has 3 aromatic rings. The summed E-state index contributed by atoms with van der Waals surface area (Å²) in [5.74, 6) is 0.945. The van der Waals surface area contributed by atoms with Gasteiger partial charge in [-0.25, -0.2) is 4.79 Å². The molecular weight excluding hydrogens is 444 g/mol. The molecule has 7 nitrogen and oxygen atoms in total. The number of nitrogen functional groups attached to an aromatic ring is 2. The summed E-state index contributed by atoms with van der Waals surface area (Å²) < 4.78 is 15.9. The first kappa shape index (κ1) is 27.1. The van der Waals surface area contributed by atoms with Gasteiger partial charge in [0.15, 0.2) is 0 Å². The number of benzene rings is 3. The van der Waals surface area contributed by atoms with Gasteiger partial charge in [-0.1, -0.05) is 30.8 Å². The number of hydrogen-bond acceptors (Lipinski definition) is 7. The van der Waals surface area contributed by atoms with Crippen LogP contribution in [0.4, 0.5) is 11.4 Å². The van der Waals surface area contributed by atoms with Gasteiger partial charge in [-0.15, -0.1) is 0 Å². The van der Waals surface area contributed by atoms with E-state index in [0.717, 1.165) is 36.3 Å². The molecule has 4 N–H and O–H groups in total. The van der Waals surface area contributed by atoms with Gasteiger partial charge in [-0.05, 0) is 73.4 Å². The number of carbonyl (C=O) groups is 2. The Bertz CT molecular complexity index is 1090. The first-order chi connectivity index (χ1) is 16.8. The van der Waals surface area contributed by atoms with Crippen LogP contribution in [0.3, 0.4) is 0 Å². The van der Waals surface area contributed by atoms with E-state index in [1.54, 1.807) is 44.4 Å². The number of rotatable bonds is 10. The van der Waals surface area contributed by atoms with Crippen LogP contribution in [0.1, 0.15) is 30.1 Å². The number of anilines is 2. The van der Waals surface area contributed by atoms with E-state index in [4.69, 9.17) is 25.7 Å². The van der Waals surface area contributed by atoms with Gasteiger partial charge in [0.1, 0.15) is 17.8 Å². The number of nitrogens with two attached hydrogens (primary N) is 2. The van der Waals surface area contributed by atoms with E-state index in [1.165, 1.54) is 0 Å². The van der Waals surface area contributed by atoms with Crippen LogP contribution >= 0.6 is 0 Å². The Morgan fingerprint density at radius 3 is 1.86 bits per heavy atom. The van der Waals surface area contributed by atoms with E-state index >= 15 is 0 Å². The van der Waals surface area contributed by atoms with Crippen molar-refractivity contribution < 1.29 is 23.8 Å². The van der Waals surface area contributed by atoms with Gasteiger partial charge < -0.3 is 25.7 Å². The van der Waals surface area contributed by atoms with Crippen LogP contribution in [-0.2, 0) is 9.53 Å². The maximum Gasteiger partial charge on any atom is 0.338 e. The van der Waals surface area contributed by atoms with Gasteiger partial charge in [-0.2, -0.15) is 0 Å². The fraction of sp³-hybridized carbons (Fsp3) is 0.214. The van der Waals surface area contributed by atoms with Crippen molar-refractivity contribution in [2.24, 2.45) is 0 Å². The monoisotopic (exact) mass is 476 g/mol. The summed E-state index contributed by atoms with van der Waals surface area (Å²) >= 11 is 0. The van der Waals surface area contributed by atoms with E-state index in [9.17, 15) is 9.59 Å². The quantitative estimate of drug-likeness (QED) is 0.102. The van der Waals surface area contributed by atoms with Crippen molar-refractivity contribution in [2.45, 2.75) is 19.8 Å². The van der Waals surface area contributed by atoms with E-state index in [0.29, 0.717) is 41.2 Å². The standard InChI is InChI=1S/C21H24O4.C7H8N2O/c1-16(2)21(22)25-20-12-8-18(9-13-20)17-6-10-19(11-7-17)24-15-5-4-14-23-3;8-6-1-5(4-10)2-7(9)3-6/h6-13H,1,4-5,14-15H2,2-3H3;1-4H,8-9H2. The van der Waals surface area contributed by atoms with Crippen molar-refractivity contribution in [3.05, 3.63) is 84.4 Å². The number of aldehydes is 1. The molecule has 0 amide bonds. The first-order valence-corrected chi connectivity index (χ1v) is 11.1. The van der Waals surface area contributed by atoms with Crippen LogP contribution < -0.4 is 20.9 Å². The van der Waals surface area contributed by atoms with Crippen molar-refractivity contribution in [2.75, 3.05) is 31.8 Å². The van der Waals surface area contributed by atoms with E-state index in [1.807, 2.05) is 36.4 Å². The largest absolute Gasteiger partial charge is 0.494 e. The van der Waals surface area contributed by atoms with E-state index in [-0.39, 0.29) is 0 Å². The predicted octanol–water partition coefficient (Wildman–Crippen LogP) is 5.30. The molecule has 0 aliphatic rings. The zero-order valence-electron chi connectivity index (χ0n) is 20.2. The second-order valence-corrected chi connectivity index (χ2v) is 7.82. The Morgan fingerprint density at radius 2 is 1.37 bits per heavy atom. The molecule has 0 unspecified atom stereocenters. The van der Waals surface area contributed by atoms with E-state index < -0.39 is 5.97 Å². The summed E-state index contributed by atoms with van der Waals surface area (Å²) in [5.41, 5.74) is 14.8. The van der Waals surface area contributed by atoms with Crippen molar-refractivity contribution in [3.8, 4) is 22.6 Å². The fourth-order valence-electron chi connectivity index (χ4n) is 2.96. The highest BCUT2D eigenvalue weighted by atomic mass is 16.5. The minimum Gasteiger partial charge on any atom is -0.494 e. The normalized spacial score (nSPS) is 10.0. The highest BCUT2D eigenvalue weighted by Gasteiger charge is 2.06. The SMILES string of the molecule is C=C(C)C(=O)Oc1ccc(-c2ccc(OCCCCOC)cc2)cc1.Nc1cc(N)cc(C=O)c1. The molecule has 7 heteroatoms. The van der Waals surface area contributed by atoms with Gasteiger partial charge >= 0.3 is 5.97 Å². The topological polar surface area (TPSA) is 114 Å². The van der Waals surface area contributed by atoms with Gasteiger partial charge in [0.05, 0.1) is 6.61 Å². The predicted molar refractivity (Wildman–Crippen MR) is 140 cm³/mol. The highest BCUT2D eigenvalue weighted by Crippen LogP contribution is 2.25. The zero-order chi connectivity index (χ0) is 25.6. The Kier molecular flexibility index (Phi) is 11.0. The average Bonchev–Trinajstić information content (AvgIpc) is 2.84. The summed E-state index contributed by atoms with van der Waals surface area (Å²) in [6.07, 6.45) is 2.68. The maximum atomic E-state index is 11.5. The Balaban J connectivity index is 0.000000360. The molecule has 3 aromatic carbocycles. The number of hydrogen-bond donors (Lipinski definition) is 2. The molecular formula is C28H32N2O5. The van der Waals surface area contributed by atoms with Crippen LogP contribution in [0.2, 0.25) is 0 Å². The molecule has 0 saturated heterocycles. The molecule has 0 spiro atoms. The molecule has 0 aromatic heterocycles. The lowest BCUT2D eigenvalue weighted by Gasteiger charge is -2.08. The minimum absolute atomic E-state index is 0.377. The average molecular weight is 477 g/mol. The summed E-state index contributed by atoms with van der Waals surface area (Å²) in [6.45, 7) is 6.64. The second kappa shape index (κ2) is 14.2. The molecule has 0 saturated carbocycles. The second-order valence-electron chi connectivity index (χ2n) is 7.82. The van der Waals surface area contributed by atoms with Crippen molar-refractivity contribution in [1.82, 2.24) is 0 Å². The number of carbonyl (C=O) groups excluding carboxylic acids is 2. The van der Waals surface area contributed by atoms with Crippen molar-refractivity contribution in [1.29, 1.82) is 0 Å². The number of unbranched alkanes of at least 4 members (excludes halogenated alkanes) is 1. The van der Waals surface area contributed by atoms with Gasteiger partial charge in [0.25, 0.3) is 0 Å². The molecule has 35 heavy (non-hydrogen) atoms. The third-order valence-corrected chi connectivity index (χ3v) is 4.75. The van der Waals surface area contributed by atoms with Crippen molar-refractivity contribution >= 4 is 23.6 Å². The van der Waals surface area contributed by atoms with Crippen LogP contribution in [0.5, 0.6) is 11.5 Å². The van der Waals surface area contributed by atoms with Crippen LogP contribution in [-0.4, -0.2) is 32.6 Å². The van der Waals surface area contributed by atoms with Gasteiger partial charge in [-0.3, -0.25) is 4.79 Å². The van der Waals surface area contributed by atoms with Gasteiger partial charge in [0, 0.05) is 36.2 Å². The third kappa shape index (κ3) is 9.73. The van der Waals surface area contributed by atoms with Gasteiger partial charge in [0.2, 0.25) is 0 Å². The summed E-state index contributed by atoms with van der Waals surface area (Å²) in [5, 5.41) is 0. The maximum absolute atomic E-state index is 11.5. The Hall–Kier alpha value is -4.10. The molecule has 0 aliphatic carbocycles. The number of methoxy groups -OCH3 is 1. The fourth-order valence-corrected chi connectivity index (χ4v) is 2.96. The Morgan fingerprint density at radius 1 is 0.857 bits per heavy atom. The lowest BCUT2D eigenvalue weighted by molar-refractivity contribution is -0.130. The van der Waals surface area contributed by atoms with Crippen LogP contribution in [0.25, 0.3) is 11.1 Å². The molecule has 0 atom stereocenters. The summed E-state index contributed by atoms with van der Waals surface area (Å²) in [7, 11) is 1.70. The smallest absolute Gasteiger partial charge is 0.338 e. The highest BCUT2D eigenvalue weighted by molar-refractivity contribution is 5.88. The molecule has 0 heterocycles. The first-order valence-electron chi connectivity index (χ1n) is 11.1. The van der Waals surface area contributed by atoms with Crippen LogP contribution in [0, 0.1) is 0 Å². The number of esters is 1. The van der Waals surface area contributed by atoms with E-state index in [2.05, 4.69) is 6.58 Å². The molecule has 184 valence electrons. The van der Waals surface area contributed by atoms with Crippen molar-refractivity contribution in [3.63, 3.8) is 0 Å². The molecule has 0 aliphatic heterocycles. The minimum atomic E-state index is -0.417. The van der Waals surface area contributed by atoms with Crippen LogP contribution in [0.15, 0.2) is 78.9 Å². The number of ether oxygens (including phenoxy) is 3.